The van der Waals surface area contributed by atoms with Crippen LogP contribution in [0.25, 0.3) is 10.9 Å². The Balaban J connectivity index is 1.35. The molecule has 2 aromatic heterocycles. The molecule has 37 heavy (non-hydrogen) atoms. The van der Waals surface area contributed by atoms with Crippen LogP contribution in [-0.2, 0) is 6.54 Å². The summed E-state index contributed by atoms with van der Waals surface area (Å²) in [4.78, 5) is 21.4. The maximum atomic E-state index is 13.5. The summed E-state index contributed by atoms with van der Waals surface area (Å²) in [7, 11) is 1.65. The van der Waals surface area contributed by atoms with Crippen molar-refractivity contribution in [3.05, 3.63) is 81.9 Å². The zero-order valence-corrected chi connectivity index (χ0v) is 21.2. The quantitative estimate of drug-likeness (QED) is 0.416. The monoisotopic (exact) mass is 499 g/mol. The van der Waals surface area contributed by atoms with Crippen molar-refractivity contribution < 1.29 is 4.74 Å². The summed E-state index contributed by atoms with van der Waals surface area (Å²) in [6, 6.07) is 18.2. The summed E-state index contributed by atoms with van der Waals surface area (Å²) in [5, 5.41) is 14.0. The molecule has 2 aromatic carbocycles. The van der Waals surface area contributed by atoms with Crippen LogP contribution in [0.4, 0.5) is 0 Å². The molecule has 2 fully saturated rings. The molecule has 1 N–H and O–H groups in total. The summed E-state index contributed by atoms with van der Waals surface area (Å²) >= 11 is 0. The van der Waals surface area contributed by atoms with Gasteiger partial charge in [-0.1, -0.05) is 43.2 Å². The van der Waals surface area contributed by atoms with E-state index >= 15 is 0 Å². The van der Waals surface area contributed by atoms with E-state index in [4.69, 9.17) is 4.74 Å². The third-order valence-corrected chi connectivity index (χ3v) is 7.83. The van der Waals surface area contributed by atoms with Crippen molar-refractivity contribution in [2.45, 2.75) is 44.3 Å². The van der Waals surface area contributed by atoms with Gasteiger partial charge in [0.05, 0.1) is 13.2 Å². The number of ether oxygens (including phenoxy) is 1. The van der Waals surface area contributed by atoms with Gasteiger partial charge in [-0.2, -0.15) is 0 Å². The molecule has 9 heteroatoms. The van der Waals surface area contributed by atoms with E-state index in [0.29, 0.717) is 5.56 Å². The molecule has 0 spiro atoms. The topological polar surface area (TPSA) is 92.2 Å². The third kappa shape index (κ3) is 4.89. The minimum absolute atomic E-state index is 0.102. The molecule has 192 valence electrons. The van der Waals surface area contributed by atoms with Gasteiger partial charge in [0.15, 0.2) is 5.82 Å². The molecule has 3 heterocycles. The predicted octanol–water partition coefficient (Wildman–Crippen LogP) is 3.55. The molecular weight excluding hydrogens is 466 g/mol. The molecule has 1 saturated heterocycles. The lowest BCUT2D eigenvalue weighted by Gasteiger charge is -2.39. The Morgan fingerprint density at radius 2 is 1.81 bits per heavy atom. The van der Waals surface area contributed by atoms with Crippen LogP contribution >= 0.6 is 0 Å². The first-order chi connectivity index (χ1) is 18.2. The summed E-state index contributed by atoms with van der Waals surface area (Å²) in [5.41, 5.74) is 2.68. The van der Waals surface area contributed by atoms with E-state index in [-0.39, 0.29) is 17.6 Å². The molecule has 0 radical (unpaired) electrons. The lowest BCUT2D eigenvalue weighted by Crippen LogP contribution is -2.48. The zero-order valence-electron chi connectivity index (χ0n) is 21.2. The smallest absolute Gasteiger partial charge is 0.253 e. The van der Waals surface area contributed by atoms with Crippen molar-refractivity contribution >= 4 is 10.9 Å². The second-order valence-electron chi connectivity index (χ2n) is 10.1. The molecule has 2 aliphatic rings. The Hall–Kier alpha value is -3.56. The molecule has 0 bridgehead atoms. The van der Waals surface area contributed by atoms with Gasteiger partial charge in [0.1, 0.15) is 11.8 Å². The number of aromatic nitrogens is 5. The summed E-state index contributed by atoms with van der Waals surface area (Å²) in [5.74, 6) is 1.52. The van der Waals surface area contributed by atoms with E-state index in [1.54, 1.807) is 7.11 Å². The fourth-order valence-corrected chi connectivity index (χ4v) is 5.84. The molecule has 4 aromatic rings. The average molecular weight is 500 g/mol. The van der Waals surface area contributed by atoms with Crippen LogP contribution in [0.15, 0.2) is 59.4 Å². The highest BCUT2D eigenvalue weighted by atomic mass is 16.5. The van der Waals surface area contributed by atoms with Crippen molar-refractivity contribution in [3.63, 3.8) is 0 Å². The number of methoxy groups -OCH3 is 1. The second kappa shape index (κ2) is 10.4. The minimum Gasteiger partial charge on any atom is -0.497 e. The van der Waals surface area contributed by atoms with Gasteiger partial charge >= 0.3 is 0 Å². The lowest BCUT2D eigenvalue weighted by molar-refractivity contribution is 0.0989. The second-order valence-corrected chi connectivity index (χ2v) is 10.1. The summed E-state index contributed by atoms with van der Waals surface area (Å²) in [6.07, 6.45) is 4.51. The van der Waals surface area contributed by atoms with Gasteiger partial charge in [-0.3, -0.25) is 14.6 Å². The predicted molar refractivity (Wildman–Crippen MR) is 142 cm³/mol. The molecule has 1 aliphatic carbocycles. The van der Waals surface area contributed by atoms with Crippen molar-refractivity contribution in [2.75, 3.05) is 33.3 Å². The van der Waals surface area contributed by atoms with E-state index in [1.165, 1.54) is 18.4 Å². The highest BCUT2D eigenvalue weighted by molar-refractivity contribution is 5.80. The first kappa shape index (κ1) is 23.8. The maximum absolute atomic E-state index is 13.5. The highest BCUT2D eigenvalue weighted by Crippen LogP contribution is 2.34. The molecule has 0 unspecified atom stereocenters. The first-order valence-corrected chi connectivity index (χ1v) is 13.2. The molecule has 1 aliphatic heterocycles. The fraction of sp³-hybridized carbons (Fsp3) is 0.429. The number of piperazine rings is 1. The van der Waals surface area contributed by atoms with Gasteiger partial charge in [-0.25, -0.2) is 4.68 Å². The summed E-state index contributed by atoms with van der Waals surface area (Å²) in [6.45, 7) is 4.40. The number of benzene rings is 2. The van der Waals surface area contributed by atoms with Gasteiger partial charge in [-0.05, 0) is 53.1 Å². The van der Waals surface area contributed by atoms with Gasteiger partial charge in [0, 0.05) is 49.2 Å². The van der Waals surface area contributed by atoms with Gasteiger partial charge in [-0.15, -0.1) is 5.10 Å². The van der Waals surface area contributed by atoms with Crippen LogP contribution in [0, 0.1) is 0 Å². The SMILES string of the molecule is COc1ccc2[nH]c(=O)c([C@@H](c3nnnn3C3CCCC3)N3CCN(Cc4ccccc4)CC3)cc2c1. The molecule has 1 saturated carbocycles. The van der Waals surface area contributed by atoms with Crippen LogP contribution in [0.3, 0.4) is 0 Å². The number of hydrogen-bond donors (Lipinski definition) is 1. The summed E-state index contributed by atoms with van der Waals surface area (Å²) < 4.78 is 7.43. The number of rotatable bonds is 7. The van der Waals surface area contributed by atoms with Crippen LogP contribution in [0.5, 0.6) is 5.75 Å². The zero-order chi connectivity index (χ0) is 25.2. The van der Waals surface area contributed by atoms with E-state index < -0.39 is 0 Å². The normalized spacial score (nSPS) is 18.4. The first-order valence-electron chi connectivity index (χ1n) is 13.2. The van der Waals surface area contributed by atoms with Gasteiger partial charge in [0.25, 0.3) is 5.56 Å². The number of hydrogen-bond acceptors (Lipinski definition) is 7. The van der Waals surface area contributed by atoms with E-state index in [1.807, 2.05) is 28.9 Å². The number of tetrazole rings is 1. The third-order valence-electron chi connectivity index (χ3n) is 7.83. The average Bonchev–Trinajstić information content (AvgIpc) is 3.63. The van der Waals surface area contributed by atoms with E-state index in [9.17, 15) is 4.79 Å². The van der Waals surface area contributed by atoms with E-state index in [0.717, 1.165) is 68.0 Å². The number of nitrogens with one attached hydrogen (secondary N) is 1. The Bertz CT molecular complexity index is 1400. The lowest BCUT2D eigenvalue weighted by atomic mass is 10.0. The molecule has 9 nitrogen and oxygen atoms in total. The Kier molecular flexibility index (Phi) is 6.72. The number of fused-ring (bicyclic) bond motifs is 1. The van der Waals surface area contributed by atoms with Crippen LogP contribution < -0.4 is 10.3 Å². The standard InChI is InChI=1S/C28H33N7O2/c1-37-23-11-12-25-21(17-23)18-24(28(36)29-25)26(27-30-31-32-35(27)22-9-5-6-10-22)34-15-13-33(14-16-34)19-20-7-3-2-4-8-20/h2-4,7-8,11-12,17-18,22,26H,5-6,9-10,13-16,19H2,1H3,(H,29,36)/t26-/m0/s1. The Morgan fingerprint density at radius 3 is 2.57 bits per heavy atom. The van der Waals surface area contributed by atoms with Crippen LogP contribution in [0.1, 0.15) is 54.7 Å². The number of aromatic amines is 1. The number of H-pyrrole nitrogens is 1. The van der Waals surface area contributed by atoms with Gasteiger partial charge in [0.2, 0.25) is 0 Å². The molecule has 1 atom stereocenters. The highest BCUT2D eigenvalue weighted by Gasteiger charge is 2.34. The number of nitrogens with zero attached hydrogens (tertiary/aromatic N) is 6. The van der Waals surface area contributed by atoms with Crippen molar-refractivity contribution in [1.29, 1.82) is 0 Å². The Labute approximate surface area is 216 Å². The minimum atomic E-state index is -0.325. The van der Waals surface area contributed by atoms with Crippen LogP contribution in [-0.4, -0.2) is 68.3 Å². The largest absolute Gasteiger partial charge is 0.497 e. The van der Waals surface area contributed by atoms with Gasteiger partial charge < -0.3 is 9.72 Å². The van der Waals surface area contributed by atoms with E-state index in [2.05, 4.69) is 60.6 Å². The van der Waals surface area contributed by atoms with Crippen molar-refractivity contribution in [3.8, 4) is 5.75 Å². The fourth-order valence-electron chi connectivity index (χ4n) is 5.84. The Morgan fingerprint density at radius 1 is 1.03 bits per heavy atom. The van der Waals surface area contributed by atoms with Crippen LogP contribution in [0.2, 0.25) is 0 Å². The molecule has 0 amide bonds. The molecular formula is C28H33N7O2. The van der Waals surface area contributed by atoms with Crippen molar-refractivity contribution in [1.82, 2.24) is 35.0 Å². The van der Waals surface area contributed by atoms with Crippen molar-refractivity contribution in [2.24, 2.45) is 0 Å². The maximum Gasteiger partial charge on any atom is 0.253 e. The molecule has 6 rings (SSSR count). The number of pyridine rings is 1.